The molecule has 98 valence electrons. The summed E-state index contributed by atoms with van der Waals surface area (Å²) >= 11 is 0. The van der Waals surface area contributed by atoms with Crippen molar-refractivity contribution < 1.29 is 14.8 Å². The Bertz CT molecular complexity index is 566. The average Bonchev–Trinajstić information content (AvgIpc) is 2.46. The maximum atomic E-state index is 10.8. The lowest BCUT2D eigenvalue weighted by atomic mass is 10.2. The molecule has 0 atom stereocenters. The van der Waals surface area contributed by atoms with Crippen LogP contribution in [-0.2, 0) is 13.2 Å². The lowest BCUT2D eigenvalue weighted by Crippen LogP contribution is -2.00. The minimum Gasteiger partial charge on any atom is -0.489 e. The van der Waals surface area contributed by atoms with E-state index in [1.54, 1.807) is 42.5 Å². The van der Waals surface area contributed by atoms with Crippen molar-refractivity contribution in [3.63, 3.8) is 0 Å². The third kappa shape index (κ3) is 3.29. The maximum Gasteiger partial charge on any atom is 0.276 e. The van der Waals surface area contributed by atoms with Crippen molar-refractivity contribution in [3.05, 3.63) is 69.8 Å². The van der Waals surface area contributed by atoms with E-state index in [1.807, 2.05) is 0 Å². The summed E-state index contributed by atoms with van der Waals surface area (Å²) < 4.78 is 5.50. The second kappa shape index (κ2) is 5.97. The number of hydrogen-bond donors (Lipinski definition) is 1. The van der Waals surface area contributed by atoms with Crippen LogP contribution in [-0.4, -0.2) is 10.0 Å². The average molecular weight is 259 g/mol. The molecule has 0 radical (unpaired) electrons. The molecule has 0 heterocycles. The molecule has 1 N–H and O–H groups in total. The molecule has 0 bridgehead atoms. The summed E-state index contributed by atoms with van der Waals surface area (Å²) in [4.78, 5) is 10.4. The standard InChI is InChI=1S/C14H13NO4/c16-9-11-5-7-13(8-6-11)19-10-12-3-1-2-4-14(12)15(17)18/h1-8,16H,9-10H2. The molecule has 2 aromatic carbocycles. The maximum absolute atomic E-state index is 10.8. The second-order valence-corrected chi connectivity index (χ2v) is 3.98. The zero-order chi connectivity index (χ0) is 13.7. The van der Waals surface area contributed by atoms with Gasteiger partial charge in [-0.15, -0.1) is 0 Å². The van der Waals surface area contributed by atoms with Crippen LogP contribution in [0.15, 0.2) is 48.5 Å². The fourth-order valence-electron chi connectivity index (χ4n) is 1.66. The third-order valence-electron chi connectivity index (χ3n) is 2.69. The Kier molecular flexibility index (Phi) is 4.10. The highest BCUT2D eigenvalue weighted by atomic mass is 16.6. The van der Waals surface area contributed by atoms with Crippen LogP contribution in [0.25, 0.3) is 0 Å². The molecular weight excluding hydrogens is 246 g/mol. The lowest BCUT2D eigenvalue weighted by Gasteiger charge is -2.07. The van der Waals surface area contributed by atoms with Gasteiger partial charge in [-0.3, -0.25) is 10.1 Å². The van der Waals surface area contributed by atoms with Crippen LogP contribution in [0.4, 0.5) is 5.69 Å². The number of ether oxygens (including phenoxy) is 1. The summed E-state index contributed by atoms with van der Waals surface area (Å²) in [7, 11) is 0. The number of nitrogens with zero attached hydrogens (tertiary/aromatic N) is 1. The van der Waals surface area contributed by atoms with Gasteiger partial charge in [0.1, 0.15) is 12.4 Å². The zero-order valence-electron chi connectivity index (χ0n) is 10.2. The van der Waals surface area contributed by atoms with Crippen LogP contribution >= 0.6 is 0 Å². The molecule has 0 aliphatic rings. The second-order valence-electron chi connectivity index (χ2n) is 3.98. The molecule has 0 aliphatic heterocycles. The van der Waals surface area contributed by atoms with Crippen LogP contribution in [0.2, 0.25) is 0 Å². The number of benzene rings is 2. The molecule has 0 saturated carbocycles. The van der Waals surface area contributed by atoms with Crippen LogP contribution < -0.4 is 4.74 Å². The first-order valence-corrected chi connectivity index (χ1v) is 5.75. The lowest BCUT2D eigenvalue weighted by molar-refractivity contribution is -0.385. The Balaban J connectivity index is 2.07. The van der Waals surface area contributed by atoms with E-state index in [1.165, 1.54) is 6.07 Å². The van der Waals surface area contributed by atoms with Gasteiger partial charge in [-0.1, -0.05) is 24.3 Å². The van der Waals surface area contributed by atoms with Gasteiger partial charge >= 0.3 is 0 Å². The van der Waals surface area contributed by atoms with Crippen molar-refractivity contribution in [2.24, 2.45) is 0 Å². The first-order chi connectivity index (χ1) is 9.20. The minimum absolute atomic E-state index is 0.0234. The molecule has 19 heavy (non-hydrogen) atoms. The van der Waals surface area contributed by atoms with Gasteiger partial charge in [-0.05, 0) is 23.8 Å². The first-order valence-electron chi connectivity index (χ1n) is 5.75. The van der Waals surface area contributed by atoms with Crippen molar-refractivity contribution in [2.75, 3.05) is 0 Å². The number of para-hydroxylation sites is 1. The van der Waals surface area contributed by atoms with E-state index in [2.05, 4.69) is 0 Å². The predicted molar refractivity (Wildman–Crippen MR) is 69.8 cm³/mol. The molecule has 0 saturated heterocycles. The molecule has 2 rings (SSSR count). The molecular formula is C14H13NO4. The van der Waals surface area contributed by atoms with Gasteiger partial charge in [-0.2, -0.15) is 0 Å². The van der Waals surface area contributed by atoms with E-state index in [4.69, 9.17) is 9.84 Å². The van der Waals surface area contributed by atoms with E-state index in [9.17, 15) is 10.1 Å². The van der Waals surface area contributed by atoms with Crippen LogP contribution in [0, 0.1) is 10.1 Å². The van der Waals surface area contributed by atoms with Gasteiger partial charge in [0.2, 0.25) is 0 Å². The monoisotopic (exact) mass is 259 g/mol. The van der Waals surface area contributed by atoms with Crippen molar-refractivity contribution in [2.45, 2.75) is 13.2 Å². The van der Waals surface area contributed by atoms with Crippen LogP contribution in [0.3, 0.4) is 0 Å². The Morgan fingerprint density at radius 1 is 1.11 bits per heavy atom. The fourth-order valence-corrected chi connectivity index (χ4v) is 1.66. The molecule has 0 aromatic heterocycles. The summed E-state index contributed by atoms with van der Waals surface area (Å²) in [6.07, 6.45) is 0. The molecule has 0 aliphatic carbocycles. The van der Waals surface area contributed by atoms with Crippen LogP contribution in [0.5, 0.6) is 5.75 Å². The van der Waals surface area contributed by atoms with Crippen molar-refractivity contribution in [1.29, 1.82) is 0 Å². The van der Waals surface area contributed by atoms with Gasteiger partial charge in [0.05, 0.1) is 17.1 Å². The van der Waals surface area contributed by atoms with E-state index >= 15 is 0 Å². The SMILES string of the molecule is O=[N+]([O-])c1ccccc1COc1ccc(CO)cc1. The Labute approximate surface area is 110 Å². The predicted octanol–water partition coefficient (Wildman–Crippen LogP) is 2.67. The summed E-state index contributed by atoms with van der Waals surface area (Å²) in [6, 6.07) is 13.4. The summed E-state index contributed by atoms with van der Waals surface area (Å²) in [5.41, 5.74) is 1.37. The molecule has 2 aromatic rings. The third-order valence-corrected chi connectivity index (χ3v) is 2.69. The molecule has 0 unspecified atom stereocenters. The van der Waals surface area contributed by atoms with E-state index in [0.29, 0.717) is 11.3 Å². The number of rotatable bonds is 5. The first kappa shape index (κ1) is 13.0. The summed E-state index contributed by atoms with van der Waals surface area (Å²) in [6.45, 7) is 0.111. The van der Waals surface area contributed by atoms with E-state index in [-0.39, 0.29) is 18.9 Å². The highest BCUT2D eigenvalue weighted by Crippen LogP contribution is 2.20. The normalized spacial score (nSPS) is 10.2. The highest BCUT2D eigenvalue weighted by molar-refractivity contribution is 5.39. The van der Waals surface area contributed by atoms with Crippen LogP contribution in [0.1, 0.15) is 11.1 Å². The van der Waals surface area contributed by atoms with Gasteiger partial charge in [0.25, 0.3) is 5.69 Å². The molecule has 0 spiro atoms. The smallest absolute Gasteiger partial charge is 0.276 e. The van der Waals surface area contributed by atoms with Crippen molar-refractivity contribution >= 4 is 5.69 Å². The van der Waals surface area contributed by atoms with Gasteiger partial charge in [0, 0.05) is 6.07 Å². The van der Waals surface area contributed by atoms with Gasteiger partial charge in [-0.25, -0.2) is 0 Å². The van der Waals surface area contributed by atoms with E-state index in [0.717, 1.165) is 5.56 Å². The molecule has 0 fully saturated rings. The number of aliphatic hydroxyl groups excluding tert-OH is 1. The Morgan fingerprint density at radius 2 is 1.79 bits per heavy atom. The Morgan fingerprint density at radius 3 is 2.42 bits per heavy atom. The number of nitro groups is 1. The molecule has 0 amide bonds. The summed E-state index contributed by atoms with van der Waals surface area (Å²) in [5.74, 6) is 0.607. The van der Waals surface area contributed by atoms with Crippen molar-refractivity contribution in [1.82, 2.24) is 0 Å². The number of nitro benzene ring substituents is 1. The number of hydrogen-bond acceptors (Lipinski definition) is 4. The zero-order valence-corrected chi connectivity index (χ0v) is 10.2. The quantitative estimate of drug-likeness (QED) is 0.661. The largest absolute Gasteiger partial charge is 0.489 e. The van der Waals surface area contributed by atoms with Gasteiger partial charge < -0.3 is 9.84 Å². The highest BCUT2D eigenvalue weighted by Gasteiger charge is 2.12. The number of aliphatic hydroxyl groups is 1. The fraction of sp³-hybridized carbons (Fsp3) is 0.143. The minimum atomic E-state index is -0.423. The Hall–Kier alpha value is -2.40. The molecule has 5 heteroatoms. The van der Waals surface area contributed by atoms with Gasteiger partial charge in [0.15, 0.2) is 0 Å². The van der Waals surface area contributed by atoms with E-state index < -0.39 is 4.92 Å². The molecule has 5 nitrogen and oxygen atoms in total. The topological polar surface area (TPSA) is 72.6 Å². The summed E-state index contributed by atoms with van der Waals surface area (Å²) in [5, 5.41) is 19.8. The van der Waals surface area contributed by atoms with Crippen molar-refractivity contribution in [3.8, 4) is 5.75 Å².